The molecule has 76 valence electrons. The van der Waals surface area contributed by atoms with Gasteiger partial charge in [0.15, 0.2) is 0 Å². The lowest BCUT2D eigenvalue weighted by Gasteiger charge is -2.50. The zero-order valence-corrected chi connectivity index (χ0v) is 8.24. The van der Waals surface area contributed by atoms with E-state index in [2.05, 4.69) is 4.90 Å². The second-order valence-corrected chi connectivity index (χ2v) is 4.68. The maximum Gasteiger partial charge on any atom is 0.0774 e. The Bertz CT molecular complexity index is 185. The molecule has 2 fully saturated rings. The summed E-state index contributed by atoms with van der Waals surface area (Å²) < 4.78 is 0. The first-order chi connectivity index (χ1) is 6.09. The van der Waals surface area contributed by atoms with Crippen molar-refractivity contribution in [3.8, 4) is 0 Å². The molecule has 2 atom stereocenters. The molecule has 0 aromatic heterocycles. The summed E-state index contributed by atoms with van der Waals surface area (Å²) in [6.07, 6.45) is 3.67. The van der Waals surface area contributed by atoms with E-state index < -0.39 is 5.60 Å². The lowest BCUT2D eigenvalue weighted by molar-refractivity contribution is -0.114. The van der Waals surface area contributed by atoms with Gasteiger partial charge >= 0.3 is 0 Å². The number of aliphatic hydroxyl groups is 2. The van der Waals surface area contributed by atoms with Crippen LogP contribution in [0.3, 0.4) is 0 Å². The molecule has 0 aromatic carbocycles. The number of hydrogen-bond acceptors (Lipinski definition) is 3. The summed E-state index contributed by atoms with van der Waals surface area (Å²) in [4.78, 5) is 2.33. The quantitative estimate of drug-likeness (QED) is 0.620. The van der Waals surface area contributed by atoms with E-state index in [1.807, 2.05) is 6.92 Å². The molecule has 3 nitrogen and oxygen atoms in total. The van der Waals surface area contributed by atoms with Gasteiger partial charge in [0, 0.05) is 19.1 Å². The molecule has 0 amide bonds. The second kappa shape index (κ2) is 3.23. The van der Waals surface area contributed by atoms with E-state index in [9.17, 15) is 10.2 Å². The zero-order valence-electron chi connectivity index (χ0n) is 8.24. The van der Waals surface area contributed by atoms with Gasteiger partial charge < -0.3 is 10.2 Å². The van der Waals surface area contributed by atoms with Gasteiger partial charge in [0.2, 0.25) is 0 Å². The Balaban J connectivity index is 1.88. The predicted octanol–water partition coefficient (Wildman–Crippen LogP) is 0.357. The fraction of sp³-hybridized carbons (Fsp3) is 1.00. The molecule has 1 aliphatic heterocycles. The van der Waals surface area contributed by atoms with Crippen molar-refractivity contribution >= 4 is 0 Å². The van der Waals surface area contributed by atoms with Crippen molar-refractivity contribution in [2.45, 2.75) is 50.4 Å². The van der Waals surface area contributed by atoms with Crippen molar-refractivity contribution in [3.05, 3.63) is 0 Å². The largest absolute Gasteiger partial charge is 0.393 e. The summed E-state index contributed by atoms with van der Waals surface area (Å²) in [5.74, 6) is 0. The predicted molar refractivity (Wildman–Crippen MR) is 50.5 cm³/mol. The molecule has 2 aliphatic rings. The van der Waals surface area contributed by atoms with Crippen LogP contribution in [0, 0.1) is 0 Å². The fourth-order valence-corrected chi connectivity index (χ4v) is 2.46. The van der Waals surface area contributed by atoms with Gasteiger partial charge in [0.25, 0.3) is 0 Å². The zero-order chi connectivity index (χ0) is 9.47. The maximum atomic E-state index is 9.89. The lowest BCUT2D eigenvalue weighted by atomic mass is 9.75. The van der Waals surface area contributed by atoms with Crippen molar-refractivity contribution < 1.29 is 10.2 Å². The van der Waals surface area contributed by atoms with Gasteiger partial charge in [-0.05, 0) is 32.6 Å². The molecule has 1 saturated carbocycles. The summed E-state index contributed by atoms with van der Waals surface area (Å²) in [6, 6.07) is 0.347. The minimum Gasteiger partial charge on any atom is -0.393 e. The monoisotopic (exact) mass is 185 g/mol. The highest BCUT2D eigenvalue weighted by atomic mass is 16.3. The molecule has 0 radical (unpaired) electrons. The third-order valence-electron chi connectivity index (χ3n) is 3.58. The van der Waals surface area contributed by atoms with E-state index in [-0.39, 0.29) is 6.10 Å². The number of likely N-dealkylation sites (tertiary alicyclic amines) is 1. The van der Waals surface area contributed by atoms with Crippen LogP contribution in [0.1, 0.15) is 32.6 Å². The van der Waals surface area contributed by atoms with Crippen molar-refractivity contribution in [2.24, 2.45) is 0 Å². The van der Waals surface area contributed by atoms with E-state index in [4.69, 9.17) is 0 Å². The van der Waals surface area contributed by atoms with Crippen molar-refractivity contribution in [2.75, 3.05) is 13.1 Å². The first-order valence-electron chi connectivity index (χ1n) is 5.24. The normalized spacial score (nSPS) is 43.2. The Labute approximate surface area is 79.4 Å². The Hall–Kier alpha value is -0.120. The van der Waals surface area contributed by atoms with Gasteiger partial charge in [-0.1, -0.05) is 0 Å². The lowest BCUT2D eigenvalue weighted by Crippen LogP contribution is -2.60. The Kier molecular flexibility index (Phi) is 2.34. The van der Waals surface area contributed by atoms with Crippen molar-refractivity contribution in [1.82, 2.24) is 4.90 Å². The molecular weight excluding hydrogens is 166 g/mol. The number of rotatable bonds is 1. The second-order valence-electron chi connectivity index (χ2n) is 4.68. The van der Waals surface area contributed by atoms with E-state index in [0.29, 0.717) is 6.04 Å². The molecule has 0 bridgehead atoms. The van der Waals surface area contributed by atoms with Crippen LogP contribution in [0.4, 0.5) is 0 Å². The van der Waals surface area contributed by atoms with E-state index in [0.717, 1.165) is 38.8 Å². The van der Waals surface area contributed by atoms with Crippen LogP contribution in [0.25, 0.3) is 0 Å². The van der Waals surface area contributed by atoms with Crippen molar-refractivity contribution in [3.63, 3.8) is 0 Å². The summed E-state index contributed by atoms with van der Waals surface area (Å²) in [6.45, 7) is 3.82. The van der Waals surface area contributed by atoms with E-state index in [1.54, 1.807) is 0 Å². The number of hydrogen-bond donors (Lipinski definition) is 2. The number of piperidine rings is 1. The van der Waals surface area contributed by atoms with Gasteiger partial charge in [-0.15, -0.1) is 0 Å². The minimum absolute atomic E-state index is 0.110. The van der Waals surface area contributed by atoms with Crippen LogP contribution in [0.2, 0.25) is 0 Å². The highest BCUT2D eigenvalue weighted by Gasteiger charge is 2.44. The average molecular weight is 185 g/mol. The molecule has 2 N–H and O–H groups in total. The van der Waals surface area contributed by atoms with Crippen LogP contribution >= 0.6 is 0 Å². The van der Waals surface area contributed by atoms with Crippen LogP contribution in [0.15, 0.2) is 0 Å². The van der Waals surface area contributed by atoms with Gasteiger partial charge in [-0.3, -0.25) is 4.90 Å². The Morgan fingerprint density at radius 2 is 1.85 bits per heavy atom. The van der Waals surface area contributed by atoms with Crippen LogP contribution in [-0.2, 0) is 0 Å². The summed E-state index contributed by atoms with van der Waals surface area (Å²) in [5.41, 5.74) is -0.470. The van der Waals surface area contributed by atoms with E-state index >= 15 is 0 Å². The Morgan fingerprint density at radius 1 is 1.23 bits per heavy atom. The smallest absolute Gasteiger partial charge is 0.0774 e. The fourth-order valence-electron chi connectivity index (χ4n) is 2.46. The molecule has 2 rings (SSSR count). The van der Waals surface area contributed by atoms with Crippen molar-refractivity contribution in [1.29, 1.82) is 0 Å². The summed E-state index contributed by atoms with van der Waals surface area (Å²) in [7, 11) is 0. The highest BCUT2D eigenvalue weighted by Crippen LogP contribution is 2.36. The third kappa shape index (κ3) is 1.73. The van der Waals surface area contributed by atoms with Crippen LogP contribution in [0.5, 0.6) is 0 Å². The van der Waals surface area contributed by atoms with Gasteiger partial charge in [0.1, 0.15) is 0 Å². The average Bonchev–Trinajstić information content (AvgIpc) is 2.07. The first-order valence-corrected chi connectivity index (χ1v) is 5.24. The molecule has 0 unspecified atom stereocenters. The summed E-state index contributed by atoms with van der Waals surface area (Å²) in [5, 5.41) is 19.2. The molecule has 0 spiro atoms. The molecular formula is C10H19NO2. The Morgan fingerprint density at radius 3 is 2.23 bits per heavy atom. The molecule has 13 heavy (non-hydrogen) atoms. The molecule has 0 aromatic rings. The number of aliphatic hydroxyl groups excluding tert-OH is 1. The maximum absolute atomic E-state index is 9.89. The minimum atomic E-state index is -0.470. The van der Waals surface area contributed by atoms with Gasteiger partial charge in [0.05, 0.1) is 11.7 Å². The molecule has 1 saturated heterocycles. The van der Waals surface area contributed by atoms with Crippen LogP contribution in [-0.4, -0.2) is 45.9 Å². The molecule has 3 heteroatoms. The first kappa shape index (κ1) is 9.44. The van der Waals surface area contributed by atoms with Gasteiger partial charge in [-0.2, -0.15) is 0 Å². The molecule has 1 heterocycles. The molecule has 1 aliphatic carbocycles. The van der Waals surface area contributed by atoms with E-state index in [1.165, 1.54) is 0 Å². The SMILES string of the molecule is C[C@]1(O)CC[C@@H]1N1CCC(O)CC1. The topological polar surface area (TPSA) is 43.7 Å². The third-order valence-corrected chi connectivity index (χ3v) is 3.58. The summed E-state index contributed by atoms with van der Waals surface area (Å²) >= 11 is 0. The highest BCUT2D eigenvalue weighted by molar-refractivity contribution is 5.00. The number of nitrogens with zero attached hydrogens (tertiary/aromatic N) is 1. The van der Waals surface area contributed by atoms with Gasteiger partial charge in [-0.25, -0.2) is 0 Å². The standard InChI is InChI=1S/C10H19NO2/c1-10(13)5-2-9(10)11-6-3-8(12)4-7-11/h8-9,12-13H,2-7H2,1H3/t9-,10-/m0/s1. The van der Waals surface area contributed by atoms with Crippen LogP contribution < -0.4 is 0 Å².